The van der Waals surface area contributed by atoms with E-state index in [2.05, 4.69) is 0 Å². The van der Waals surface area contributed by atoms with Gasteiger partial charge in [-0.05, 0) is 24.6 Å². The van der Waals surface area contributed by atoms with Crippen molar-refractivity contribution in [3.05, 3.63) is 46.6 Å². The summed E-state index contributed by atoms with van der Waals surface area (Å²) in [4.78, 5) is 24.3. The van der Waals surface area contributed by atoms with Crippen molar-refractivity contribution < 1.29 is 14.3 Å². The molecule has 6 heteroatoms. The zero-order chi connectivity index (χ0) is 14.8. The van der Waals surface area contributed by atoms with Crippen LogP contribution in [0.2, 0.25) is 0 Å². The van der Waals surface area contributed by atoms with Crippen molar-refractivity contribution in [2.45, 2.75) is 26.4 Å². The first-order chi connectivity index (χ1) is 10.2. The highest BCUT2D eigenvalue weighted by atomic mass is 16.7. The van der Waals surface area contributed by atoms with Gasteiger partial charge < -0.3 is 9.47 Å². The molecule has 0 N–H and O–H groups in total. The lowest BCUT2D eigenvalue weighted by atomic mass is 10.1. The lowest BCUT2D eigenvalue weighted by Crippen LogP contribution is -2.26. The van der Waals surface area contributed by atoms with Gasteiger partial charge in [0.15, 0.2) is 17.3 Å². The van der Waals surface area contributed by atoms with E-state index >= 15 is 0 Å². The van der Waals surface area contributed by atoms with Crippen molar-refractivity contribution in [1.82, 2.24) is 9.13 Å². The van der Waals surface area contributed by atoms with Crippen LogP contribution in [0, 0.1) is 0 Å². The molecule has 0 bridgehead atoms. The monoisotopic (exact) mass is 288 g/mol. The zero-order valence-electron chi connectivity index (χ0n) is 11.7. The van der Waals surface area contributed by atoms with Gasteiger partial charge in [-0.3, -0.25) is 13.9 Å². The van der Waals surface area contributed by atoms with Crippen molar-refractivity contribution in [1.29, 1.82) is 0 Å². The second-order valence-electron chi connectivity index (χ2n) is 4.89. The van der Waals surface area contributed by atoms with E-state index in [4.69, 9.17) is 9.47 Å². The van der Waals surface area contributed by atoms with Gasteiger partial charge in [-0.15, -0.1) is 0 Å². The van der Waals surface area contributed by atoms with Gasteiger partial charge in [-0.2, -0.15) is 0 Å². The molecule has 21 heavy (non-hydrogen) atoms. The molecular weight excluding hydrogens is 272 g/mol. The normalized spacial score (nSPS) is 12.6. The molecule has 0 radical (unpaired) electrons. The van der Waals surface area contributed by atoms with E-state index in [0.717, 1.165) is 6.42 Å². The van der Waals surface area contributed by atoms with Crippen LogP contribution in [-0.2, 0) is 13.1 Å². The number of hydrogen-bond acceptors (Lipinski definition) is 4. The van der Waals surface area contributed by atoms with Crippen LogP contribution in [0.15, 0.2) is 35.4 Å². The van der Waals surface area contributed by atoms with Crippen LogP contribution >= 0.6 is 0 Å². The first-order valence-electron chi connectivity index (χ1n) is 6.87. The first-order valence-corrected chi connectivity index (χ1v) is 6.87. The average molecular weight is 288 g/mol. The largest absolute Gasteiger partial charge is 0.454 e. The van der Waals surface area contributed by atoms with Gasteiger partial charge in [0, 0.05) is 24.5 Å². The van der Waals surface area contributed by atoms with Gasteiger partial charge in [-0.25, -0.2) is 4.79 Å². The van der Waals surface area contributed by atoms with E-state index in [0.29, 0.717) is 23.6 Å². The smallest absolute Gasteiger partial charge is 0.328 e. The Balaban J connectivity index is 1.79. The molecule has 0 fully saturated rings. The molecule has 1 aromatic carbocycles. The highest BCUT2D eigenvalue weighted by Crippen LogP contribution is 2.32. The maximum Gasteiger partial charge on any atom is 0.328 e. The number of rotatable bonds is 5. The second-order valence-corrected chi connectivity index (χ2v) is 4.89. The van der Waals surface area contributed by atoms with E-state index in [1.165, 1.54) is 4.57 Å². The highest BCUT2D eigenvalue weighted by molar-refractivity contribution is 5.96. The van der Waals surface area contributed by atoms with Crippen LogP contribution < -0.4 is 15.2 Å². The fourth-order valence-electron chi connectivity index (χ4n) is 2.30. The Morgan fingerprint density at radius 1 is 1.19 bits per heavy atom. The van der Waals surface area contributed by atoms with Crippen LogP contribution in [0.3, 0.4) is 0 Å². The standard InChI is InChI=1S/C15H16N2O4/c1-2-5-16-6-7-17(15(16)19)9-12(18)11-3-4-13-14(8-11)21-10-20-13/h3-4,6-8H,2,5,9-10H2,1H3. The number of carbonyl (C=O) groups is 1. The third-order valence-electron chi connectivity index (χ3n) is 3.39. The van der Waals surface area contributed by atoms with Gasteiger partial charge >= 0.3 is 5.69 Å². The quantitative estimate of drug-likeness (QED) is 0.785. The number of ketones is 1. The summed E-state index contributed by atoms with van der Waals surface area (Å²) in [5, 5.41) is 0. The van der Waals surface area contributed by atoms with Crippen molar-refractivity contribution in [3.63, 3.8) is 0 Å². The number of Topliss-reactive ketones (excluding diaryl/α,β-unsaturated/α-hetero) is 1. The Hall–Kier alpha value is -2.50. The van der Waals surface area contributed by atoms with E-state index in [1.54, 1.807) is 35.2 Å². The van der Waals surface area contributed by atoms with Crippen LogP contribution in [-0.4, -0.2) is 21.7 Å². The van der Waals surface area contributed by atoms with Crippen molar-refractivity contribution >= 4 is 5.78 Å². The third-order valence-corrected chi connectivity index (χ3v) is 3.39. The van der Waals surface area contributed by atoms with Crippen LogP contribution in [0.1, 0.15) is 23.7 Å². The van der Waals surface area contributed by atoms with E-state index < -0.39 is 0 Å². The second kappa shape index (κ2) is 5.47. The minimum atomic E-state index is -0.161. The Morgan fingerprint density at radius 3 is 2.76 bits per heavy atom. The topological polar surface area (TPSA) is 62.5 Å². The lowest BCUT2D eigenvalue weighted by molar-refractivity contribution is 0.0970. The van der Waals surface area contributed by atoms with E-state index in [9.17, 15) is 9.59 Å². The van der Waals surface area contributed by atoms with Crippen molar-refractivity contribution in [2.75, 3.05) is 6.79 Å². The fraction of sp³-hybridized carbons (Fsp3) is 0.333. The molecule has 0 amide bonds. The maximum atomic E-state index is 12.3. The SMILES string of the molecule is CCCn1ccn(CC(=O)c2ccc3c(c2)OCO3)c1=O. The van der Waals surface area contributed by atoms with Gasteiger partial charge in [0.1, 0.15) is 0 Å². The summed E-state index contributed by atoms with van der Waals surface area (Å²) in [6.45, 7) is 2.85. The molecule has 2 heterocycles. The van der Waals surface area contributed by atoms with Crippen LogP contribution in [0.4, 0.5) is 0 Å². The van der Waals surface area contributed by atoms with Crippen molar-refractivity contribution in [2.24, 2.45) is 0 Å². The average Bonchev–Trinajstić information content (AvgIpc) is 3.08. The molecule has 1 aliphatic rings. The molecular formula is C15H16N2O4. The molecule has 110 valence electrons. The molecule has 1 aromatic heterocycles. The third kappa shape index (κ3) is 2.56. The summed E-state index contributed by atoms with van der Waals surface area (Å²) < 4.78 is 13.5. The van der Waals surface area contributed by atoms with Crippen LogP contribution in [0.25, 0.3) is 0 Å². The summed E-state index contributed by atoms with van der Waals surface area (Å²) in [6, 6.07) is 5.04. The highest BCUT2D eigenvalue weighted by Gasteiger charge is 2.17. The Labute approximate surface area is 121 Å². The van der Waals surface area contributed by atoms with Gasteiger partial charge in [0.2, 0.25) is 6.79 Å². The molecule has 0 atom stereocenters. The van der Waals surface area contributed by atoms with Gasteiger partial charge in [0.05, 0.1) is 6.54 Å². The number of imidazole rings is 1. The number of aryl methyl sites for hydroxylation is 1. The maximum absolute atomic E-state index is 12.3. The molecule has 3 rings (SSSR count). The molecule has 0 spiro atoms. The van der Waals surface area contributed by atoms with Gasteiger partial charge in [-0.1, -0.05) is 6.92 Å². The fourth-order valence-corrected chi connectivity index (χ4v) is 2.30. The van der Waals surface area contributed by atoms with Crippen molar-refractivity contribution in [3.8, 4) is 11.5 Å². The summed E-state index contributed by atoms with van der Waals surface area (Å²) in [5.74, 6) is 1.07. The number of fused-ring (bicyclic) bond motifs is 1. The Bertz CT molecular complexity index is 730. The molecule has 0 saturated heterocycles. The Kier molecular flexibility index (Phi) is 3.51. The summed E-state index contributed by atoms with van der Waals surface area (Å²) in [7, 11) is 0. The number of aromatic nitrogens is 2. The number of carbonyl (C=O) groups excluding carboxylic acids is 1. The molecule has 0 aliphatic carbocycles. The number of hydrogen-bond donors (Lipinski definition) is 0. The minimum absolute atomic E-state index is 0.0230. The molecule has 2 aromatic rings. The molecule has 0 saturated carbocycles. The summed E-state index contributed by atoms with van der Waals surface area (Å²) in [6.07, 6.45) is 4.22. The first kappa shape index (κ1) is 13.5. The number of benzene rings is 1. The van der Waals surface area contributed by atoms with E-state index in [-0.39, 0.29) is 24.8 Å². The predicted octanol–water partition coefficient (Wildman–Crippen LogP) is 1.67. The molecule has 0 unspecified atom stereocenters. The summed E-state index contributed by atoms with van der Waals surface area (Å²) in [5.41, 5.74) is 0.348. The lowest BCUT2D eigenvalue weighted by Gasteiger charge is -2.03. The minimum Gasteiger partial charge on any atom is -0.454 e. The van der Waals surface area contributed by atoms with Gasteiger partial charge in [0.25, 0.3) is 0 Å². The van der Waals surface area contributed by atoms with E-state index in [1.807, 2.05) is 6.92 Å². The number of ether oxygens (including phenoxy) is 2. The van der Waals surface area contributed by atoms with Crippen LogP contribution in [0.5, 0.6) is 11.5 Å². The summed E-state index contributed by atoms with van der Waals surface area (Å²) >= 11 is 0. The Morgan fingerprint density at radius 2 is 1.95 bits per heavy atom. The predicted molar refractivity (Wildman–Crippen MR) is 75.9 cm³/mol. The molecule has 6 nitrogen and oxygen atoms in total. The number of nitrogens with zero attached hydrogens (tertiary/aromatic N) is 2. The zero-order valence-corrected chi connectivity index (χ0v) is 11.7. The molecule has 1 aliphatic heterocycles.